The molecular weight excluding hydrogens is 239 g/mol. The van der Waals surface area contributed by atoms with E-state index in [9.17, 15) is 13.2 Å². The van der Waals surface area contributed by atoms with Gasteiger partial charge in [0.2, 0.25) is 5.96 Å². The van der Waals surface area contributed by atoms with Crippen LogP contribution in [0.25, 0.3) is 0 Å². The van der Waals surface area contributed by atoms with E-state index in [1.165, 1.54) is 0 Å². The van der Waals surface area contributed by atoms with Crippen LogP contribution in [0.15, 0.2) is 22.2 Å². The van der Waals surface area contributed by atoms with Gasteiger partial charge in [0, 0.05) is 6.20 Å². The molecule has 1 aromatic rings. The zero-order valence-corrected chi connectivity index (χ0v) is 8.33. The summed E-state index contributed by atoms with van der Waals surface area (Å²) in [6.07, 6.45) is -3.29. The lowest BCUT2D eigenvalue weighted by atomic mass is 10.4. The Labute approximate surface area is 93.2 Å². The van der Waals surface area contributed by atoms with E-state index >= 15 is 0 Å². The molecule has 0 fully saturated rings. The third-order valence-electron chi connectivity index (χ3n) is 1.98. The predicted molar refractivity (Wildman–Crippen MR) is 53.5 cm³/mol. The number of halogens is 3. The first kappa shape index (κ1) is 11.4. The summed E-state index contributed by atoms with van der Waals surface area (Å²) in [6.45, 7) is 0. The number of rotatable bonds is 1. The molecule has 1 atom stereocenters. The second kappa shape index (κ2) is 3.73. The van der Waals surface area contributed by atoms with Gasteiger partial charge in [0.1, 0.15) is 6.34 Å². The molecule has 4 N–H and O–H groups in total. The Morgan fingerprint density at radius 1 is 1.35 bits per heavy atom. The molecule has 1 unspecified atom stereocenters. The quantitative estimate of drug-likeness (QED) is 0.694. The lowest BCUT2D eigenvalue weighted by molar-refractivity contribution is -0.141. The molecule has 2 heterocycles. The number of alkyl halides is 3. The van der Waals surface area contributed by atoms with Crippen molar-refractivity contribution in [2.75, 3.05) is 5.01 Å². The molecule has 7 nitrogen and oxygen atoms in total. The van der Waals surface area contributed by atoms with Crippen LogP contribution in [0, 0.1) is 0 Å². The number of aliphatic imine (C=N–C) groups is 2. The number of aromatic nitrogens is 2. The van der Waals surface area contributed by atoms with Gasteiger partial charge < -0.3 is 5.73 Å². The van der Waals surface area contributed by atoms with Crippen molar-refractivity contribution < 1.29 is 13.2 Å². The van der Waals surface area contributed by atoms with Gasteiger partial charge >= 0.3 is 6.18 Å². The summed E-state index contributed by atoms with van der Waals surface area (Å²) in [7, 11) is 0. The number of guanidine groups is 1. The Bertz CT molecular complexity index is 474. The highest BCUT2D eigenvalue weighted by Gasteiger charge is 2.34. The zero-order chi connectivity index (χ0) is 12.6. The minimum Gasteiger partial charge on any atom is -0.368 e. The summed E-state index contributed by atoms with van der Waals surface area (Å²) < 4.78 is 37.0. The minimum atomic E-state index is -4.53. The molecule has 0 bridgehead atoms. The lowest BCUT2D eigenvalue weighted by Crippen LogP contribution is -2.56. The average Bonchev–Trinajstić information content (AvgIpc) is 2.65. The van der Waals surface area contributed by atoms with E-state index in [2.05, 4.69) is 15.1 Å². The van der Waals surface area contributed by atoms with Crippen LogP contribution in [-0.4, -0.2) is 28.5 Å². The van der Waals surface area contributed by atoms with Crippen molar-refractivity contribution in [2.45, 2.75) is 12.5 Å². The van der Waals surface area contributed by atoms with Crippen LogP contribution >= 0.6 is 0 Å². The van der Waals surface area contributed by atoms with Crippen molar-refractivity contribution in [3.8, 4) is 0 Å². The van der Waals surface area contributed by atoms with Gasteiger partial charge in [-0.25, -0.2) is 9.98 Å². The van der Waals surface area contributed by atoms with Crippen LogP contribution in [0.4, 0.5) is 13.2 Å². The van der Waals surface area contributed by atoms with Crippen molar-refractivity contribution in [3.63, 3.8) is 0 Å². The van der Waals surface area contributed by atoms with Crippen LogP contribution in [0.3, 0.4) is 0 Å². The second-order valence-electron chi connectivity index (χ2n) is 3.13. The van der Waals surface area contributed by atoms with E-state index in [4.69, 9.17) is 11.5 Å². The summed E-state index contributed by atoms with van der Waals surface area (Å²) in [4.78, 5) is 8.14. The summed E-state index contributed by atoms with van der Waals surface area (Å²) >= 11 is 0. The van der Waals surface area contributed by atoms with Crippen LogP contribution in [0.2, 0.25) is 0 Å². The first-order valence-electron chi connectivity index (χ1n) is 4.42. The molecule has 17 heavy (non-hydrogen) atoms. The van der Waals surface area contributed by atoms with Crippen molar-refractivity contribution in [3.05, 3.63) is 18.0 Å². The highest BCUT2D eigenvalue weighted by Crippen LogP contribution is 2.27. The smallest absolute Gasteiger partial charge is 0.368 e. The van der Waals surface area contributed by atoms with E-state index in [0.29, 0.717) is 0 Å². The molecule has 10 heteroatoms. The maximum atomic E-state index is 12.3. The molecular formula is C7H8F3N7. The van der Waals surface area contributed by atoms with Gasteiger partial charge in [-0.3, -0.25) is 5.73 Å². The van der Waals surface area contributed by atoms with Crippen molar-refractivity contribution in [1.82, 2.24) is 9.89 Å². The predicted octanol–water partition coefficient (Wildman–Crippen LogP) is -0.561. The van der Waals surface area contributed by atoms with E-state index < -0.39 is 18.2 Å². The molecule has 0 amide bonds. The normalized spacial score (nSPS) is 20.6. The average molecular weight is 247 g/mol. The maximum absolute atomic E-state index is 12.3. The van der Waals surface area contributed by atoms with E-state index in [0.717, 1.165) is 28.4 Å². The first-order valence-corrected chi connectivity index (χ1v) is 4.42. The highest BCUT2D eigenvalue weighted by atomic mass is 19.4. The van der Waals surface area contributed by atoms with Crippen LogP contribution in [0.1, 0.15) is 5.69 Å². The molecule has 1 aliphatic rings. The molecule has 0 spiro atoms. The standard InChI is InChI=1S/C7H8F3N7/c8-7(9,10)4-1-2-16(15-4)17-5(11)13-3-14-6(17)12/h1-3,5H,11H2,(H2,12,13,14). The van der Waals surface area contributed by atoms with Gasteiger partial charge in [0.05, 0.1) is 0 Å². The van der Waals surface area contributed by atoms with Crippen molar-refractivity contribution in [2.24, 2.45) is 21.5 Å². The van der Waals surface area contributed by atoms with Gasteiger partial charge in [0.25, 0.3) is 0 Å². The molecule has 1 aliphatic heterocycles. The fraction of sp³-hybridized carbons (Fsp3) is 0.286. The van der Waals surface area contributed by atoms with E-state index in [1.807, 2.05) is 0 Å². The monoisotopic (exact) mass is 247 g/mol. The van der Waals surface area contributed by atoms with Gasteiger partial charge in [-0.15, -0.1) is 5.10 Å². The molecule has 0 aromatic carbocycles. The van der Waals surface area contributed by atoms with Crippen LogP contribution in [-0.2, 0) is 6.18 Å². The van der Waals surface area contributed by atoms with Gasteiger partial charge in [-0.1, -0.05) is 0 Å². The number of nitrogens with two attached hydrogens (primary N) is 2. The van der Waals surface area contributed by atoms with E-state index in [1.54, 1.807) is 0 Å². The second-order valence-corrected chi connectivity index (χ2v) is 3.13. The minimum absolute atomic E-state index is 0.0932. The molecule has 0 radical (unpaired) electrons. The zero-order valence-electron chi connectivity index (χ0n) is 8.33. The summed E-state index contributed by atoms with van der Waals surface area (Å²) in [5, 5.41) is 4.33. The molecule has 1 aromatic heterocycles. The highest BCUT2D eigenvalue weighted by molar-refractivity contribution is 5.94. The SMILES string of the molecule is NC1=NC=NC(N)N1n1ccc(C(F)(F)F)n1. The molecule has 92 valence electrons. The fourth-order valence-electron chi connectivity index (χ4n) is 1.23. The lowest BCUT2D eigenvalue weighted by Gasteiger charge is -2.27. The molecule has 2 rings (SSSR count). The van der Waals surface area contributed by atoms with Crippen LogP contribution < -0.4 is 16.5 Å². The summed E-state index contributed by atoms with van der Waals surface area (Å²) in [6, 6.07) is 0.804. The Morgan fingerprint density at radius 3 is 2.59 bits per heavy atom. The Hall–Kier alpha value is -2.10. The Morgan fingerprint density at radius 2 is 2.06 bits per heavy atom. The van der Waals surface area contributed by atoms with E-state index in [-0.39, 0.29) is 5.96 Å². The molecule has 0 saturated carbocycles. The van der Waals surface area contributed by atoms with Gasteiger partial charge in [0.15, 0.2) is 12.0 Å². The summed E-state index contributed by atoms with van der Waals surface area (Å²) in [5.41, 5.74) is 9.98. The topological polar surface area (TPSA) is 97.8 Å². The maximum Gasteiger partial charge on any atom is 0.435 e. The van der Waals surface area contributed by atoms with Gasteiger partial charge in [-0.2, -0.15) is 23.0 Å². The fourth-order valence-corrected chi connectivity index (χ4v) is 1.23. The molecule has 0 saturated heterocycles. The van der Waals surface area contributed by atoms with Crippen molar-refractivity contribution in [1.29, 1.82) is 0 Å². The largest absolute Gasteiger partial charge is 0.435 e. The molecule has 0 aliphatic carbocycles. The van der Waals surface area contributed by atoms with Gasteiger partial charge in [-0.05, 0) is 6.07 Å². The van der Waals surface area contributed by atoms with Crippen molar-refractivity contribution >= 4 is 12.3 Å². The Kier molecular flexibility index (Phi) is 2.50. The van der Waals surface area contributed by atoms with Crippen LogP contribution in [0.5, 0.6) is 0 Å². The number of hydrogen-bond acceptors (Lipinski definition) is 6. The number of hydrogen-bond donors (Lipinski definition) is 2. The number of nitrogens with zero attached hydrogens (tertiary/aromatic N) is 5. The third kappa shape index (κ3) is 2.06. The Balaban J connectivity index is 2.32. The summed E-state index contributed by atoms with van der Waals surface area (Å²) in [5.74, 6) is -0.0932. The first-order chi connectivity index (χ1) is 7.89. The third-order valence-corrected chi connectivity index (χ3v) is 1.98.